The van der Waals surface area contributed by atoms with E-state index in [1.807, 2.05) is 18.6 Å². The normalized spacial score (nSPS) is 17.9. The molecule has 0 unspecified atom stereocenters. The molecule has 0 spiro atoms. The van der Waals surface area contributed by atoms with E-state index in [1.165, 1.54) is 67.2 Å². The zero-order chi connectivity index (χ0) is 22.5. The van der Waals surface area contributed by atoms with Crippen molar-refractivity contribution >= 4 is 28.0 Å². The zero-order valence-corrected chi connectivity index (χ0v) is 19.8. The molecule has 4 heterocycles. The summed E-state index contributed by atoms with van der Waals surface area (Å²) < 4.78 is 0. The average molecular weight is 445 g/mol. The highest BCUT2D eigenvalue weighted by Crippen LogP contribution is 2.30. The first kappa shape index (κ1) is 22.0. The van der Waals surface area contributed by atoms with Gasteiger partial charge in [0.2, 0.25) is 0 Å². The van der Waals surface area contributed by atoms with Gasteiger partial charge in [0.05, 0.1) is 11.9 Å². The third kappa shape index (κ3) is 5.56. The molecule has 1 aromatic carbocycles. The van der Waals surface area contributed by atoms with Gasteiger partial charge in [0.25, 0.3) is 0 Å². The number of benzene rings is 1. The SMILES string of the molecule is CN1CCC(CNc2ccc(CNc3ccc4cncc(N5CCCCC5)c4c3)cn2)CC1. The van der Waals surface area contributed by atoms with E-state index < -0.39 is 0 Å². The summed E-state index contributed by atoms with van der Waals surface area (Å²) in [5, 5.41) is 9.59. The van der Waals surface area contributed by atoms with Crippen LogP contribution in [0.25, 0.3) is 10.8 Å². The molecule has 0 saturated carbocycles. The minimum atomic E-state index is 0.752. The molecule has 6 nitrogen and oxygen atoms in total. The highest BCUT2D eigenvalue weighted by molar-refractivity contribution is 5.95. The number of anilines is 3. The maximum Gasteiger partial charge on any atom is 0.125 e. The number of aromatic nitrogens is 2. The molecule has 0 bridgehead atoms. The van der Waals surface area contributed by atoms with E-state index in [1.54, 1.807) is 0 Å². The summed E-state index contributed by atoms with van der Waals surface area (Å²) in [6, 6.07) is 10.9. The Morgan fingerprint density at radius 2 is 1.76 bits per heavy atom. The zero-order valence-electron chi connectivity index (χ0n) is 19.8. The van der Waals surface area contributed by atoms with Gasteiger partial charge in [-0.25, -0.2) is 4.98 Å². The molecular formula is C27H36N6. The van der Waals surface area contributed by atoms with E-state index in [9.17, 15) is 0 Å². The number of hydrogen-bond donors (Lipinski definition) is 2. The van der Waals surface area contributed by atoms with Crippen LogP contribution in [0, 0.1) is 5.92 Å². The molecule has 0 amide bonds. The Morgan fingerprint density at radius 1 is 0.909 bits per heavy atom. The fraction of sp³-hybridized carbons (Fsp3) is 0.481. The molecule has 2 fully saturated rings. The average Bonchev–Trinajstić information content (AvgIpc) is 2.88. The second-order valence-corrected chi connectivity index (χ2v) is 9.68. The quantitative estimate of drug-likeness (QED) is 0.536. The van der Waals surface area contributed by atoms with Gasteiger partial charge in [0.15, 0.2) is 0 Å². The van der Waals surface area contributed by atoms with Crippen LogP contribution >= 0.6 is 0 Å². The van der Waals surface area contributed by atoms with Crippen molar-refractivity contribution < 1.29 is 0 Å². The van der Waals surface area contributed by atoms with Crippen molar-refractivity contribution in [1.82, 2.24) is 14.9 Å². The second kappa shape index (κ2) is 10.4. The first-order valence-corrected chi connectivity index (χ1v) is 12.5. The topological polar surface area (TPSA) is 56.3 Å². The number of hydrogen-bond acceptors (Lipinski definition) is 6. The number of nitrogens with zero attached hydrogens (tertiary/aromatic N) is 4. The molecule has 2 N–H and O–H groups in total. The Bertz CT molecular complexity index is 1040. The van der Waals surface area contributed by atoms with Crippen molar-refractivity contribution in [3.8, 4) is 0 Å². The third-order valence-electron chi connectivity index (χ3n) is 7.17. The van der Waals surface area contributed by atoms with Crippen molar-refractivity contribution in [2.45, 2.75) is 38.6 Å². The van der Waals surface area contributed by atoms with Gasteiger partial charge in [-0.2, -0.15) is 0 Å². The van der Waals surface area contributed by atoms with Crippen molar-refractivity contribution in [3.63, 3.8) is 0 Å². The predicted octanol–water partition coefficient (Wildman–Crippen LogP) is 4.99. The fourth-order valence-corrected chi connectivity index (χ4v) is 5.00. The summed E-state index contributed by atoms with van der Waals surface area (Å²) >= 11 is 0. The highest BCUT2D eigenvalue weighted by atomic mass is 15.1. The van der Waals surface area contributed by atoms with Crippen LogP contribution in [0.4, 0.5) is 17.2 Å². The van der Waals surface area contributed by atoms with E-state index >= 15 is 0 Å². The standard InChI is InChI=1S/C27H36N6/c1-32-13-9-21(10-14-32)16-30-27-8-5-22(18-31-27)17-29-24-7-6-23-19-28-20-26(25(23)15-24)33-11-3-2-4-12-33/h5-8,15,18-21,29H,2-4,9-14,16-17H2,1H3,(H,30,31). The molecule has 33 heavy (non-hydrogen) atoms. The van der Waals surface area contributed by atoms with Crippen LogP contribution in [0.5, 0.6) is 0 Å². The lowest BCUT2D eigenvalue weighted by Crippen LogP contribution is -2.33. The maximum absolute atomic E-state index is 4.64. The van der Waals surface area contributed by atoms with Crippen LogP contribution in [0.2, 0.25) is 0 Å². The largest absolute Gasteiger partial charge is 0.381 e. The van der Waals surface area contributed by atoms with Crippen molar-refractivity contribution in [2.75, 3.05) is 55.3 Å². The number of fused-ring (bicyclic) bond motifs is 1. The molecule has 0 aliphatic carbocycles. The van der Waals surface area contributed by atoms with E-state index in [2.05, 4.69) is 67.8 Å². The molecule has 5 rings (SSSR count). The van der Waals surface area contributed by atoms with E-state index in [0.29, 0.717) is 0 Å². The molecule has 2 aliphatic rings. The maximum atomic E-state index is 4.64. The summed E-state index contributed by atoms with van der Waals surface area (Å²) in [4.78, 5) is 14.0. The van der Waals surface area contributed by atoms with Gasteiger partial charge in [-0.05, 0) is 81.9 Å². The molecule has 0 radical (unpaired) electrons. The Labute approximate surface area is 197 Å². The lowest BCUT2D eigenvalue weighted by atomic mass is 9.97. The van der Waals surface area contributed by atoms with E-state index in [4.69, 9.17) is 0 Å². The number of nitrogens with one attached hydrogen (secondary N) is 2. The van der Waals surface area contributed by atoms with E-state index in [-0.39, 0.29) is 0 Å². The second-order valence-electron chi connectivity index (χ2n) is 9.68. The minimum absolute atomic E-state index is 0.752. The molecule has 174 valence electrons. The Morgan fingerprint density at radius 3 is 2.55 bits per heavy atom. The minimum Gasteiger partial charge on any atom is -0.381 e. The summed E-state index contributed by atoms with van der Waals surface area (Å²) in [7, 11) is 2.21. The van der Waals surface area contributed by atoms with Crippen LogP contribution in [-0.2, 0) is 6.54 Å². The molecule has 0 atom stereocenters. The van der Waals surface area contributed by atoms with Gasteiger partial charge in [-0.15, -0.1) is 0 Å². The van der Waals surface area contributed by atoms with E-state index in [0.717, 1.165) is 43.6 Å². The number of pyridine rings is 2. The van der Waals surface area contributed by atoms with Crippen LogP contribution in [-0.4, -0.2) is 54.6 Å². The van der Waals surface area contributed by atoms with Crippen molar-refractivity contribution in [3.05, 3.63) is 54.5 Å². The predicted molar refractivity (Wildman–Crippen MR) is 138 cm³/mol. The molecule has 2 saturated heterocycles. The Kier molecular flexibility index (Phi) is 6.91. The van der Waals surface area contributed by atoms with Crippen LogP contribution in [0.1, 0.15) is 37.7 Å². The van der Waals surface area contributed by atoms with Crippen molar-refractivity contribution in [1.29, 1.82) is 0 Å². The van der Waals surface area contributed by atoms with Crippen molar-refractivity contribution in [2.24, 2.45) is 5.92 Å². The first-order valence-electron chi connectivity index (χ1n) is 12.5. The van der Waals surface area contributed by atoms with Crippen LogP contribution < -0.4 is 15.5 Å². The number of piperidine rings is 2. The molecule has 6 heteroatoms. The third-order valence-corrected chi connectivity index (χ3v) is 7.17. The fourth-order valence-electron chi connectivity index (χ4n) is 5.00. The summed E-state index contributed by atoms with van der Waals surface area (Å²) in [5.41, 5.74) is 3.58. The van der Waals surface area contributed by atoms with Gasteiger partial charge in [0, 0.05) is 55.0 Å². The Hall–Kier alpha value is -2.86. The summed E-state index contributed by atoms with van der Waals surface area (Å²) in [6.45, 7) is 6.44. The lowest BCUT2D eigenvalue weighted by Gasteiger charge is -2.29. The summed E-state index contributed by atoms with van der Waals surface area (Å²) in [5.74, 6) is 1.73. The summed E-state index contributed by atoms with van der Waals surface area (Å²) in [6.07, 6.45) is 12.4. The molecular weight excluding hydrogens is 408 g/mol. The number of likely N-dealkylation sites (tertiary alicyclic amines) is 1. The van der Waals surface area contributed by atoms with Gasteiger partial charge in [-0.3, -0.25) is 4.98 Å². The molecule has 2 aliphatic heterocycles. The number of rotatable bonds is 7. The van der Waals surface area contributed by atoms with Gasteiger partial charge in [0.1, 0.15) is 5.82 Å². The highest BCUT2D eigenvalue weighted by Gasteiger charge is 2.16. The smallest absolute Gasteiger partial charge is 0.125 e. The first-order chi connectivity index (χ1) is 16.2. The van der Waals surface area contributed by atoms with Gasteiger partial charge < -0.3 is 20.4 Å². The van der Waals surface area contributed by atoms with Crippen LogP contribution in [0.15, 0.2) is 48.9 Å². The Balaban J connectivity index is 1.19. The lowest BCUT2D eigenvalue weighted by molar-refractivity contribution is 0.226. The van der Waals surface area contributed by atoms with Gasteiger partial charge in [-0.1, -0.05) is 12.1 Å². The van der Waals surface area contributed by atoms with Gasteiger partial charge >= 0.3 is 0 Å². The monoisotopic (exact) mass is 444 g/mol. The molecule has 2 aromatic heterocycles. The molecule has 3 aromatic rings. The van der Waals surface area contributed by atoms with Crippen LogP contribution in [0.3, 0.4) is 0 Å².